The monoisotopic (exact) mass is 191 g/mol. The van der Waals surface area contributed by atoms with Gasteiger partial charge in [-0.1, -0.05) is 18.6 Å². The molecule has 2 heteroatoms. The number of hydrogen-bond donors (Lipinski definition) is 1. The van der Waals surface area contributed by atoms with Crippen LogP contribution in [0.15, 0.2) is 24.3 Å². The summed E-state index contributed by atoms with van der Waals surface area (Å²) in [7, 11) is 2.18. The summed E-state index contributed by atoms with van der Waals surface area (Å²) in [5, 5.41) is 9.21. The summed E-state index contributed by atoms with van der Waals surface area (Å²) in [5.74, 6) is 0.354. The molecule has 1 N–H and O–H groups in total. The summed E-state index contributed by atoms with van der Waals surface area (Å²) in [4.78, 5) is 2.40. The standard InChI is InChI=1S/C12H17NO/c1-13-9-3-2-4-12(13)10-5-7-11(14)8-6-10/h5-8,12,14H,2-4,9H2,1H3. The molecule has 0 aliphatic carbocycles. The molecule has 0 bridgehead atoms. The van der Waals surface area contributed by atoms with Crippen LogP contribution < -0.4 is 0 Å². The van der Waals surface area contributed by atoms with Gasteiger partial charge in [-0.25, -0.2) is 0 Å². The van der Waals surface area contributed by atoms with Crippen molar-refractivity contribution >= 4 is 0 Å². The van der Waals surface area contributed by atoms with E-state index in [2.05, 4.69) is 11.9 Å². The van der Waals surface area contributed by atoms with Gasteiger partial charge in [-0.2, -0.15) is 0 Å². The Hall–Kier alpha value is -1.02. The predicted molar refractivity (Wildman–Crippen MR) is 57.3 cm³/mol. The average Bonchev–Trinajstić information content (AvgIpc) is 2.20. The molecule has 14 heavy (non-hydrogen) atoms. The van der Waals surface area contributed by atoms with Crippen LogP contribution in [0.4, 0.5) is 0 Å². The second-order valence-electron chi connectivity index (χ2n) is 4.08. The molecule has 1 saturated heterocycles. The van der Waals surface area contributed by atoms with Gasteiger partial charge in [0, 0.05) is 6.04 Å². The topological polar surface area (TPSA) is 23.5 Å². The molecule has 0 radical (unpaired) electrons. The molecule has 0 amide bonds. The zero-order valence-electron chi connectivity index (χ0n) is 8.61. The Morgan fingerprint density at radius 3 is 2.57 bits per heavy atom. The van der Waals surface area contributed by atoms with Crippen molar-refractivity contribution < 1.29 is 5.11 Å². The maximum Gasteiger partial charge on any atom is 0.115 e. The SMILES string of the molecule is CN1CCCCC1c1ccc(O)cc1. The lowest BCUT2D eigenvalue weighted by Gasteiger charge is -2.32. The second-order valence-corrected chi connectivity index (χ2v) is 4.08. The third kappa shape index (κ3) is 1.90. The maximum absolute atomic E-state index is 9.21. The van der Waals surface area contributed by atoms with E-state index >= 15 is 0 Å². The molecule has 2 rings (SSSR count). The van der Waals surface area contributed by atoms with E-state index in [4.69, 9.17) is 0 Å². The van der Waals surface area contributed by atoms with E-state index in [9.17, 15) is 5.11 Å². The molecule has 1 heterocycles. The number of benzene rings is 1. The highest BCUT2D eigenvalue weighted by atomic mass is 16.3. The Morgan fingerprint density at radius 2 is 1.93 bits per heavy atom. The van der Waals surface area contributed by atoms with Gasteiger partial charge in [0.25, 0.3) is 0 Å². The number of nitrogens with zero attached hydrogens (tertiary/aromatic N) is 1. The first-order valence-corrected chi connectivity index (χ1v) is 5.26. The molecule has 1 aliphatic rings. The van der Waals surface area contributed by atoms with E-state index in [-0.39, 0.29) is 0 Å². The van der Waals surface area contributed by atoms with E-state index in [1.54, 1.807) is 12.1 Å². The smallest absolute Gasteiger partial charge is 0.115 e. The average molecular weight is 191 g/mol. The Kier molecular flexibility index (Phi) is 2.73. The van der Waals surface area contributed by atoms with E-state index < -0.39 is 0 Å². The number of phenols is 1. The van der Waals surface area contributed by atoms with Gasteiger partial charge in [-0.15, -0.1) is 0 Å². The van der Waals surface area contributed by atoms with Crippen molar-refractivity contribution in [1.29, 1.82) is 0 Å². The van der Waals surface area contributed by atoms with Gasteiger partial charge in [0.1, 0.15) is 5.75 Å². The third-order valence-corrected chi connectivity index (χ3v) is 3.05. The van der Waals surface area contributed by atoms with Crippen molar-refractivity contribution in [3.63, 3.8) is 0 Å². The summed E-state index contributed by atoms with van der Waals surface area (Å²) >= 11 is 0. The molecule has 0 spiro atoms. The zero-order valence-corrected chi connectivity index (χ0v) is 8.61. The summed E-state index contributed by atoms with van der Waals surface area (Å²) in [5.41, 5.74) is 1.32. The van der Waals surface area contributed by atoms with Crippen LogP contribution in [0.5, 0.6) is 5.75 Å². The first kappa shape index (κ1) is 9.53. The fourth-order valence-corrected chi connectivity index (χ4v) is 2.19. The molecule has 1 unspecified atom stereocenters. The van der Waals surface area contributed by atoms with Gasteiger partial charge in [0.15, 0.2) is 0 Å². The molecule has 1 atom stereocenters. The van der Waals surface area contributed by atoms with E-state index in [1.807, 2.05) is 12.1 Å². The fourth-order valence-electron chi connectivity index (χ4n) is 2.19. The van der Waals surface area contributed by atoms with Crippen molar-refractivity contribution in [2.75, 3.05) is 13.6 Å². The van der Waals surface area contributed by atoms with Gasteiger partial charge in [-0.05, 0) is 44.1 Å². The Labute approximate surface area is 85.2 Å². The number of hydrogen-bond acceptors (Lipinski definition) is 2. The molecular formula is C12H17NO. The van der Waals surface area contributed by atoms with Gasteiger partial charge in [0.05, 0.1) is 0 Å². The minimum Gasteiger partial charge on any atom is -0.508 e. The number of rotatable bonds is 1. The summed E-state index contributed by atoms with van der Waals surface area (Å²) in [6.07, 6.45) is 3.86. The van der Waals surface area contributed by atoms with Crippen LogP contribution in [0, 0.1) is 0 Å². The van der Waals surface area contributed by atoms with Crippen molar-refractivity contribution in [3.8, 4) is 5.75 Å². The summed E-state index contributed by atoms with van der Waals surface area (Å²) < 4.78 is 0. The lowest BCUT2D eigenvalue weighted by molar-refractivity contribution is 0.187. The van der Waals surface area contributed by atoms with E-state index in [0.29, 0.717) is 11.8 Å². The number of phenolic OH excluding ortho intramolecular Hbond substituents is 1. The lowest BCUT2D eigenvalue weighted by atomic mass is 9.96. The van der Waals surface area contributed by atoms with Crippen LogP contribution in [0.25, 0.3) is 0 Å². The number of piperidine rings is 1. The predicted octanol–water partition coefficient (Wildman–Crippen LogP) is 2.55. The third-order valence-electron chi connectivity index (χ3n) is 3.05. The highest BCUT2D eigenvalue weighted by Gasteiger charge is 2.19. The molecule has 1 aromatic rings. The number of aromatic hydroxyl groups is 1. The van der Waals surface area contributed by atoms with Crippen LogP contribution in [0.3, 0.4) is 0 Å². The minimum atomic E-state index is 0.354. The van der Waals surface area contributed by atoms with Crippen LogP contribution in [-0.4, -0.2) is 23.6 Å². The zero-order chi connectivity index (χ0) is 9.97. The second kappa shape index (κ2) is 4.01. The fraction of sp³-hybridized carbons (Fsp3) is 0.500. The molecule has 0 saturated carbocycles. The van der Waals surface area contributed by atoms with Crippen LogP contribution >= 0.6 is 0 Å². The van der Waals surface area contributed by atoms with Gasteiger partial charge in [0.2, 0.25) is 0 Å². The van der Waals surface area contributed by atoms with Gasteiger partial charge >= 0.3 is 0 Å². The van der Waals surface area contributed by atoms with Crippen molar-refractivity contribution in [2.45, 2.75) is 25.3 Å². The minimum absolute atomic E-state index is 0.354. The molecule has 1 fully saturated rings. The summed E-state index contributed by atoms with van der Waals surface area (Å²) in [6, 6.07) is 8.16. The van der Waals surface area contributed by atoms with Crippen molar-refractivity contribution in [1.82, 2.24) is 4.90 Å². The Bertz CT molecular complexity index is 294. The van der Waals surface area contributed by atoms with Crippen LogP contribution in [0.2, 0.25) is 0 Å². The Morgan fingerprint density at radius 1 is 1.21 bits per heavy atom. The Balaban J connectivity index is 2.16. The maximum atomic E-state index is 9.21. The van der Waals surface area contributed by atoms with Crippen LogP contribution in [0.1, 0.15) is 30.9 Å². The largest absolute Gasteiger partial charge is 0.508 e. The normalized spacial score (nSPS) is 23.6. The van der Waals surface area contributed by atoms with Crippen LogP contribution in [-0.2, 0) is 0 Å². The summed E-state index contributed by atoms with van der Waals surface area (Å²) in [6.45, 7) is 1.19. The molecule has 1 aromatic carbocycles. The highest BCUT2D eigenvalue weighted by molar-refractivity contribution is 5.28. The van der Waals surface area contributed by atoms with Gasteiger partial charge < -0.3 is 5.11 Å². The van der Waals surface area contributed by atoms with E-state index in [0.717, 1.165) is 0 Å². The lowest BCUT2D eigenvalue weighted by Crippen LogP contribution is -2.29. The van der Waals surface area contributed by atoms with Crippen molar-refractivity contribution in [3.05, 3.63) is 29.8 Å². The van der Waals surface area contributed by atoms with Crippen molar-refractivity contribution in [2.24, 2.45) is 0 Å². The molecule has 0 aromatic heterocycles. The quantitative estimate of drug-likeness (QED) is 0.737. The highest BCUT2D eigenvalue weighted by Crippen LogP contribution is 2.29. The molecule has 2 nitrogen and oxygen atoms in total. The number of likely N-dealkylation sites (tertiary alicyclic amines) is 1. The molecule has 76 valence electrons. The van der Waals surface area contributed by atoms with E-state index in [1.165, 1.54) is 31.4 Å². The molecule has 1 aliphatic heterocycles. The first-order chi connectivity index (χ1) is 6.77. The first-order valence-electron chi connectivity index (χ1n) is 5.26. The van der Waals surface area contributed by atoms with Gasteiger partial charge in [-0.3, -0.25) is 4.90 Å². The molecular weight excluding hydrogens is 174 g/mol.